The van der Waals surface area contributed by atoms with Crippen LogP contribution in [0.15, 0.2) is 18.2 Å². The molecule has 0 saturated heterocycles. The number of carbonyl (C=O) groups excluding carboxylic acids is 1. The second-order valence-electron chi connectivity index (χ2n) is 4.18. The molecule has 0 saturated carbocycles. The van der Waals surface area contributed by atoms with Gasteiger partial charge in [-0.25, -0.2) is 0 Å². The van der Waals surface area contributed by atoms with E-state index in [1.165, 1.54) is 0 Å². The van der Waals surface area contributed by atoms with Crippen LogP contribution in [-0.4, -0.2) is 26.2 Å². The highest BCUT2D eigenvalue weighted by atomic mass is 16.5. The lowest BCUT2D eigenvalue weighted by Gasteiger charge is -2.07. The largest absolute Gasteiger partial charge is 0.385 e. The number of aryl methyl sites for hydroxylation is 1. The molecule has 0 heterocycles. The van der Waals surface area contributed by atoms with Gasteiger partial charge in [-0.2, -0.15) is 0 Å². The number of hydrogen-bond donors (Lipinski definition) is 2. The molecule has 1 aromatic carbocycles. The quantitative estimate of drug-likeness (QED) is 0.625. The summed E-state index contributed by atoms with van der Waals surface area (Å²) in [5.74, 6) is 5.80. The monoisotopic (exact) mass is 260 g/mol. The summed E-state index contributed by atoms with van der Waals surface area (Å²) in [6, 6.07) is 5.65. The molecule has 102 valence electrons. The van der Waals surface area contributed by atoms with Gasteiger partial charge in [0.2, 0.25) is 5.91 Å². The third-order valence-corrected chi connectivity index (χ3v) is 2.59. The molecule has 3 N–H and O–H groups in total. The zero-order valence-corrected chi connectivity index (χ0v) is 11.5. The minimum atomic E-state index is -0.00255. The van der Waals surface area contributed by atoms with E-state index in [-0.39, 0.29) is 5.91 Å². The van der Waals surface area contributed by atoms with Gasteiger partial charge < -0.3 is 15.8 Å². The number of hydrogen-bond acceptors (Lipinski definition) is 3. The van der Waals surface area contributed by atoms with Gasteiger partial charge in [-0.1, -0.05) is 11.8 Å². The second-order valence-corrected chi connectivity index (χ2v) is 4.18. The lowest BCUT2D eigenvalue weighted by Crippen LogP contribution is -2.12. The Labute approximate surface area is 114 Å². The van der Waals surface area contributed by atoms with Crippen LogP contribution >= 0.6 is 0 Å². The second kappa shape index (κ2) is 8.30. The number of anilines is 1. The maximum atomic E-state index is 11.6. The Hall–Kier alpha value is -1.83. The van der Waals surface area contributed by atoms with Gasteiger partial charge >= 0.3 is 0 Å². The molecule has 0 bridgehead atoms. The third-order valence-electron chi connectivity index (χ3n) is 2.59. The van der Waals surface area contributed by atoms with Gasteiger partial charge in [0.1, 0.15) is 0 Å². The number of methoxy groups -OCH3 is 1. The van der Waals surface area contributed by atoms with Crippen LogP contribution in [0.5, 0.6) is 0 Å². The molecule has 0 radical (unpaired) electrons. The van der Waals surface area contributed by atoms with E-state index in [9.17, 15) is 4.79 Å². The molecule has 4 heteroatoms. The first-order valence-corrected chi connectivity index (χ1v) is 6.25. The van der Waals surface area contributed by atoms with E-state index in [1.54, 1.807) is 7.11 Å². The molecular formula is C15H20N2O2. The van der Waals surface area contributed by atoms with Crippen molar-refractivity contribution in [3.63, 3.8) is 0 Å². The summed E-state index contributed by atoms with van der Waals surface area (Å²) in [4.78, 5) is 11.6. The Kier molecular flexibility index (Phi) is 6.65. The van der Waals surface area contributed by atoms with E-state index in [1.807, 2.05) is 25.1 Å². The SMILES string of the molecule is COCCCC(=O)Nc1ccc(C#CCN)c(C)c1. The normalized spacial score (nSPS) is 9.63. The van der Waals surface area contributed by atoms with Crippen molar-refractivity contribution in [1.29, 1.82) is 0 Å². The zero-order valence-electron chi connectivity index (χ0n) is 11.5. The Morgan fingerprint density at radius 2 is 2.26 bits per heavy atom. The number of nitrogens with two attached hydrogens (primary N) is 1. The van der Waals surface area contributed by atoms with Crippen molar-refractivity contribution in [2.45, 2.75) is 19.8 Å². The Balaban J connectivity index is 2.60. The fourth-order valence-corrected chi connectivity index (χ4v) is 1.63. The maximum absolute atomic E-state index is 11.6. The summed E-state index contributed by atoms with van der Waals surface area (Å²) in [7, 11) is 1.63. The van der Waals surface area contributed by atoms with Crippen LogP contribution in [0.4, 0.5) is 5.69 Å². The van der Waals surface area contributed by atoms with E-state index in [0.29, 0.717) is 19.6 Å². The van der Waals surface area contributed by atoms with Gasteiger partial charge in [-0.15, -0.1) is 0 Å². The molecule has 1 rings (SSSR count). The molecule has 0 atom stereocenters. The predicted molar refractivity (Wildman–Crippen MR) is 76.9 cm³/mol. The Bertz CT molecular complexity index is 487. The molecule has 0 aromatic heterocycles. The number of ether oxygens (including phenoxy) is 1. The first-order chi connectivity index (χ1) is 9.17. The summed E-state index contributed by atoms with van der Waals surface area (Å²) in [5.41, 5.74) is 8.09. The minimum Gasteiger partial charge on any atom is -0.385 e. The number of nitrogens with one attached hydrogen (secondary N) is 1. The van der Waals surface area contributed by atoms with Crippen molar-refractivity contribution in [2.75, 3.05) is 25.6 Å². The summed E-state index contributed by atoms with van der Waals surface area (Å²) in [6.45, 7) is 2.90. The number of rotatable bonds is 5. The highest BCUT2D eigenvalue weighted by molar-refractivity contribution is 5.90. The zero-order chi connectivity index (χ0) is 14.1. The highest BCUT2D eigenvalue weighted by Gasteiger charge is 2.03. The van der Waals surface area contributed by atoms with Gasteiger partial charge in [-0.3, -0.25) is 4.79 Å². The Morgan fingerprint density at radius 1 is 1.47 bits per heavy atom. The fourth-order valence-electron chi connectivity index (χ4n) is 1.63. The van der Waals surface area contributed by atoms with Crippen LogP contribution in [0.3, 0.4) is 0 Å². The molecule has 19 heavy (non-hydrogen) atoms. The van der Waals surface area contributed by atoms with Crippen molar-refractivity contribution >= 4 is 11.6 Å². The van der Waals surface area contributed by atoms with Gasteiger partial charge in [0.05, 0.1) is 6.54 Å². The smallest absolute Gasteiger partial charge is 0.224 e. The predicted octanol–water partition coefficient (Wildman–Crippen LogP) is 1.67. The van der Waals surface area contributed by atoms with Crippen molar-refractivity contribution < 1.29 is 9.53 Å². The van der Waals surface area contributed by atoms with Crippen LogP contribution < -0.4 is 11.1 Å². The molecule has 0 spiro atoms. The van der Waals surface area contributed by atoms with Crippen LogP contribution in [0, 0.1) is 18.8 Å². The van der Waals surface area contributed by atoms with Crippen LogP contribution in [0.1, 0.15) is 24.0 Å². The first kappa shape index (κ1) is 15.2. The van der Waals surface area contributed by atoms with Crippen LogP contribution in [0.25, 0.3) is 0 Å². The number of amides is 1. The maximum Gasteiger partial charge on any atom is 0.224 e. The summed E-state index contributed by atoms with van der Waals surface area (Å²) in [5, 5.41) is 2.86. The van der Waals surface area contributed by atoms with Crippen molar-refractivity contribution in [2.24, 2.45) is 5.73 Å². The van der Waals surface area contributed by atoms with E-state index in [0.717, 1.165) is 23.2 Å². The average Bonchev–Trinajstić information content (AvgIpc) is 2.38. The van der Waals surface area contributed by atoms with E-state index >= 15 is 0 Å². The van der Waals surface area contributed by atoms with Crippen molar-refractivity contribution in [3.05, 3.63) is 29.3 Å². The molecule has 0 fully saturated rings. The summed E-state index contributed by atoms with van der Waals surface area (Å²) in [6.07, 6.45) is 1.18. The molecule has 0 unspecified atom stereocenters. The molecular weight excluding hydrogens is 240 g/mol. The molecule has 0 aliphatic rings. The van der Waals surface area contributed by atoms with Crippen LogP contribution in [-0.2, 0) is 9.53 Å². The van der Waals surface area contributed by atoms with E-state index < -0.39 is 0 Å². The molecule has 0 aliphatic heterocycles. The van der Waals surface area contributed by atoms with E-state index in [2.05, 4.69) is 17.2 Å². The topological polar surface area (TPSA) is 64.3 Å². The summed E-state index contributed by atoms with van der Waals surface area (Å²) >= 11 is 0. The van der Waals surface area contributed by atoms with E-state index in [4.69, 9.17) is 10.5 Å². The van der Waals surface area contributed by atoms with Crippen molar-refractivity contribution in [3.8, 4) is 11.8 Å². The van der Waals surface area contributed by atoms with Gasteiger partial charge in [0.25, 0.3) is 0 Å². The standard InChI is InChI=1S/C15H20N2O2/c1-12-11-14(8-7-13(12)5-3-9-16)17-15(18)6-4-10-19-2/h7-8,11H,4,6,9-10,16H2,1-2H3,(H,17,18). The van der Waals surface area contributed by atoms with Crippen molar-refractivity contribution in [1.82, 2.24) is 0 Å². The van der Waals surface area contributed by atoms with Gasteiger partial charge in [0.15, 0.2) is 0 Å². The van der Waals surface area contributed by atoms with Crippen LogP contribution in [0.2, 0.25) is 0 Å². The van der Waals surface area contributed by atoms with Gasteiger partial charge in [0, 0.05) is 31.4 Å². The third kappa shape index (κ3) is 5.56. The number of carbonyl (C=O) groups is 1. The minimum absolute atomic E-state index is 0.00255. The Morgan fingerprint density at radius 3 is 2.89 bits per heavy atom. The van der Waals surface area contributed by atoms with Gasteiger partial charge in [-0.05, 0) is 37.1 Å². The fraction of sp³-hybridized carbons (Fsp3) is 0.400. The molecule has 0 aliphatic carbocycles. The lowest BCUT2D eigenvalue weighted by molar-refractivity contribution is -0.116. The number of benzene rings is 1. The first-order valence-electron chi connectivity index (χ1n) is 6.25. The average molecular weight is 260 g/mol. The molecule has 1 amide bonds. The lowest BCUT2D eigenvalue weighted by atomic mass is 10.1. The molecule has 1 aromatic rings. The molecule has 4 nitrogen and oxygen atoms in total. The summed E-state index contributed by atoms with van der Waals surface area (Å²) < 4.78 is 4.91. The highest BCUT2D eigenvalue weighted by Crippen LogP contribution is 2.14.